The molecule has 8 heteroatoms. The van der Waals surface area contributed by atoms with Gasteiger partial charge in [-0.2, -0.15) is 0 Å². The highest BCUT2D eigenvalue weighted by Crippen LogP contribution is 2.23. The number of nitrogens with zero attached hydrogens (tertiary/aromatic N) is 1. The fourth-order valence-electron chi connectivity index (χ4n) is 3.59. The Morgan fingerprint density at radius 2 is 1.71 bits per heavy atom. The molecule has 0 spiro atoms. The number of ether oxygens (including phenoxy) is 1. The van der Waals surface area contributed by atoms with Gasteiger partial charge < -0.3 is 10.1 Å². The third kappa shape index (κ3) is 6.29. The van der Waals surface area contributed by atoms with E-state index in [1.54, 1.807) is 0 Å². The second-order valence-electron chi connectivity index (χ2n) is 8.11. The Hall–Kier alpha value is -2.42. The van der Waals surface area contributed by atoms with Gasteiger partial charge in [0.05, 0.1) is 17.6 Å². The van der Waals surface area contributed by atoms with Gasteiger partial charge in [0.15, 0.2) is 0 Å². The molecule has 1 aliphatic rings. The van der Waals surface area contributed by atoms with Gasteiger partial charge in [-0.05, 0) is 69.1 Å². The number of benzene rings is 2. The van der Waals surface area contributed by atoms with Crippen LogP contribution in [0.4, 0.5) is 0 Å². The number of sulfonamides is 1. The Kier molecular flexibility index (Phi) is 7.69. The lowest BCUT2D eigenvalue weighted by Gasteiger charge is -2.15. The molecule has 2 aromatic carbocycles. The van der Waals surface area contributed by atoms with Gasteiger partial charge in [0.1, 0.15) is 5.75 Å². The van der Waals surface area contributed by atoms with E-state index >= 15 is 0 Å². The van der Waals surface area contributed by atoms with Crippen LogP contribution in [0.25, 0.3) is 0 Å². The molecular weight excluding hydrogens is 414 g/mol. The van der Waals surface area contributed by atoms with Crippen LogP contribution < -0.4 is 14.8 Å². The molecule has 1 aliphatic heterocycles. The van der Waals surface area contributed by atoms with Crippen LogP contribution in [0.5, 0.6) is 5.75 Å². The molecule has 0 aromatic heterocycles. The summed E-state index contributed by atoms with van der Waals surface area (Å²) in [5, 5.41) is 2.76. The molecule has 1 fully saturated rings. The molecule has 7 nitrogen and oxygen atoms in total. The summed E-state index contributed by atoms with van der Waals surface area (Å²) in [4.78, 5) is 14.9. The lowest BCUT2D eigenvalue weighted by Crippen LogP contribution is -2.31. The van der Waals surface area contributed by atoms with Crippen LogP contribution in [-0.4, -0.2) is 45.5 Å². The molecule has 2 N–H and O–H groups in total. The van der Waals surface area contributed by atoms with Gasteiger partial charge in [-0.15, -0.1) is 0 Å². The molecular formula is C23H31N3O4S. The van der Waals surface area contributed by atoms with Crippen LogP contribution in [0.15, 0.2) is 47.4 Å². The number of amides is 1. The summed E-state index contributed by atoms with van der Waals surface area (Å²) in [5.41, 5.74) is 2.29. The molecule has 0 atom stereocenters. The van der Waals surface area contributed by atoms with Crippen molar-refractivity contribution in [3.8, 4) is 5.75 Å². The maximum Gasteiger partial charge on any atom is 0.255 e. The Morgan fingerprint density at radius 3 is 2.32 bits per heavy atom. The van der Waals surface area contributed by atoms with Gasteiger partial charge in [0.2, 0.25) is 10.0 Å². The average molecular weight is 446 g/mol. The molecule has 1 saturated heterocycles. The van der Waals surface area contributed by atoms with Crippen molar-refractivity contribution in [1.29, 1.82) is 0 Å². The maximum absolute atomic E-state index is 12.8. The van der Waals surface area contributed by atoms with Gasteiger partial charge in [-0.25, -0.2) is 13.1 Å². The Morgan fingerprint density at radius 1 is 1.06 bits per heavy atom. The quantitative estimate of drug-likeness (QED) is 0.620. The number of methoxy groups -OCH3 is 1. The average Bonchev–Trinajstić information content (AvgIpc) is 3.25. The van der Waals surface area contributed by atoms with Crippen LogP contribution >= 0.6 is 0 Å². The van der Waals surface area contributed by atoms with E-state index in [2.05, 4.69) is 14.9 Å². The van der Waals surface area contributed by atoms with Crippen molar-refractivity contribution in [3.63, 3.8) is 0 Å². The van der Waals surface area contributed by atoms with Crippen LogP contribution in [-0.2, 0) is 23.1 Å². The Bertz CT molecular complexity index is 998. The second kappa shape index (κ2) is 10.3. The van der Waals surface area contributed by atoms with Gasteiger partial charge >= 0.3 is 0 Å². The summed E-state index contributed by atoms with van der Waals surface area (Å²) < 4.78 is 33.5. The third-order valence-electron chi connectivity index (χ3n) is 5.24. The van der Waals surface area contributed by atoms with Gasteiger partial charge in [-0.3, -0.25) is 9.69 Å². The van der Waals surface area contributed by atoms with Crippen molar-refractivity contribution in [2.75, 3.05) is 20.2 Å². The highest BCUT2D eigenvalue weighted by Gasteiger charge is 2.20. The van der Waals surface area contributed by atoms with Gasteiger partial charge in [0.25, 0.3) is 5.91 Å². The van der Waals surface area contributed by atoms with Crippen molar-refractivity contribution < 1.29 is 17.9 Å². The Balaban J connectivity index is 1.68. The molecule has 31 heavy (non-hydrogen) atoms. The molecule has 0 bridgehead atoms. The SMILES string of the molecule is COc1ccc(S(=O)(=O)NCc2ccc(CN3CCCC3)cc2)cc1C(=O)NC(C)C. The van der Waals surface area contributed by atoms with Crippen LogP contribution in [0.1, 0.15) is 48.2 Å². The number of carbonyl (C=O) groups is 1. The minimum absolute atomic E-state index is 0.0212. The molecule has 168 valence electrons. The van der Waals surface area contributed by atoms with Crippen LogP contribution in [0.3, 0.4) is 0 Å². The number of hydrogen-bond donors (Lipinski definition) is 2. The molecule has 2 aromatic rings. The molecule has 3 rings (SSSR count). The smallest absolute Gasteiger partial charge is 0.255 e. The van der Waals surface area contributed by atoms with Crippen molar-refractivity contribution in [2.24, 2.45) is 0 Å². The zero-order valence-corrected chi connectivity index (χ0v) is 19.2. The lowest BCUT2D eigenvalue weighted by atomic mass is 10.1. The first-order chi connectivity index (χ1) is 14.8. The van der Waals surface area contributed by atoms with Crippen LogP contribution in [0.2, 0.25) is 0 Å². The molecule has 1 heterocycles. The van der Waals surface area contributed by atoms with Crippen molar-refractivity contribution in [2.45, 2.75) is 50.7 Å². The predicted molar refractivity (Wildman–Crippen MR) is 121 cm³/mol. The van der Waals surface area contributed by atoms with E-state index in [1.807, 2.05) is 38.1 Å². The van der Waals surface area contributed by atoms with E-state index in [0.29, 0.717) is 5.75 Å². The summed E-state index contributed by atoms with van der Waals surface area (Å²) in [6.07, 6.45) is 2.51. The number of nitrogens with one attached hydrogen (secondary N) is 2. The summed E-state index contributed by atoms with van der Waals surface area (Å²) in [6.45, 7) is 7.05. The fraction of sp³-hybridized carbons (Fsp3) is 0.435. The largest absolute Gasteiger partial charge is 0.496 e. The van der Waals surface area contributed by atoms with E-state index < -0.39 is 10.0 Å². The van der Waals surface area contributed by atoms with Crippen molar-refractivity contribution in [1.82, 2.24) is 14.9 Å². The maximum atomic E-state index is 12.8. The zero-order chi connectivity index (χ0) is 22.4. The molecule has 1 amide bonds. The molecule has 0 radical (unpaired) electrons. The predicted octanol–water partition coefficient (Wildman–Crippen LogP) is 2.91. The van der Waals surface area contributed by atoms with Crippen LogP contribution in [0, 0.1) is 0 Å². The first-order valence-electron chi connectivity index (χ1n) is 10.6. The minimum atomic E-state index is -3.79. The van der Waals surface area contributed by atoms with E-state index in [1.165, 1.54) is 43.7 Å². The first-order valence-corrected chi connectivity index (χ1v) is 12.1. The second-order valence-corrected chi connectivity index (χ2v) is 9.88. The minimum Gasteiger partial charge on any atom is -0.496 e. The molecule has 0 aliphatic carbocycles. The third-order valence-corrected chi connectivity index (χ3v) is 6.64. The monoisotopic (exact) mass is 445 g/mol. The zero-order valence-electron chi connectivity index (χ0n) is 18.3. The first kappa shape index (κ1) is 23.2. The number of hydrogen-bond acceptors (Lipinski definition) is 5. The normalized spacial score (nSPS) is 14.7. The molecule has 0 saturated carbocycles. The summed E-state index contributed by atoms with van der Waals surface area (Å²) >= 11 is 0. The summed E-state index contributed by atoms with van der Waals surface area (Å²) in [5.74, 6) is -0.0526. The fourth-order valence-corrected chi connectivity index (χ4v) is 4.64. The van der Waals surface area contributed by atoms with E-state index in [9.17, 15) is 13.2 Å². The number of carbonyl (C=O) groups excluding carboxylic acids is 1. The van der Waals surface area contributed by atoms with Crippen molar-refractivity contribution in [3.05, 3.63) is 59.2 Å². The lowest BCUT2D eigenvalue weighted by molar-refractivity contribution is 0.0940. The number of likely N-dealkylation sites (tertiary alicyclic amines) is 1. The van der Waals surface area contributed by atoms with E-state index in [0.717, 1.165) is 25.2 Å². The Labute approximate surface area is 184 Å². The standard InChI is InChI=1S/C23H31N3O4S/c1-17(2)25-23(27)21-14-20(10-11-22(21)30-3)31(28,29)24-15-18-6-8-19(9-7-18)16-26-12-4-5-13-26/h6-11,14,17,24H,4-5,12-13,15-16H2,1-3H3,(H,25,27). The highest BCUT2D eigenvalue weighted by molar-refractivity contribution is 7.89. The highest BCUT2D eigenvalue weighted by atomic mass is 32.2. The van der Waals surface area contributed by atoms with Crippen molar-refractivity contribution >= 4 is 15.9 Å². The summed E-state index contributed by atoms with van der Waals surface area (Å²) in [7, 11) is -2.34. The van der Waals surface area contributed by atoms with Gasteiger partial charge in [0, 0.05) is 19.1 Å². The topological polar surface area (TPSA) is 87.7 Å². The van der Waals surface area contributed by atoms with Gasteiger partial charge in [-0.1, -0.05) is 24.3 Å². The molecule has 0 unspecified atom stereocenters. The summed E-state index contributed by atoms with van der Waals surface area (Å²) in [6, 6.07) is 12.2. The van der Waals surface area contributed by atoms with E-state index in [-0.39, 0.29) is 29.0 Å². The van der Waals surface area contributed by atoms with E-state index in [4.69, 9.17) is 4.74 Å². The number of rotatable bonds is 9.